The van der Waals surface area contributed by atoms with Gasteiger partial charge >= 0.3 is 0 Å². The largest absolute Gasteiger partial charge is 0.398 e. The van der Waals surface area contributed by atoms with E-state index in [-0.39, 0.29) is 0 Å². The van der Waals surface area contributed by atoms with Crippen molar-refractivity contribution in [1.29, 1.82) is 5.26 Å². The van der Waals surface area contributed by atoms with Crippen molar-refractivity contribution >= 4 is 11.4 Å². The van der Waals surface area contributed by atoms with Crippen molar-refractivity contribution in [3.05, 3.63) is 23.8 Å². The number of hydrogen-bond donors (Lipinski definition) is 2. The Morgan fingerprint density at radius 3 is 2.86 bits per heavy atom. The first-order valence-electron chi connectivity index (χ1n) is 4.81. The highest BCUT2D eigenvalue weighted by molar-refractivity contribution is 5.62. The highest BCUT2D eigenvalue weighted by atomic mass is 14.9. The van der Waals surface area contributed by atoms with Crippen molar-refractivity contribution in [3.8, 4) is 6.07 Å². The fourth-order valence-electron chi connectivity index (χ4n) is 1.18. The Hall–Kier alpha value is -1.69. The van der Waals surface area contributed by atoms with Gasteiger partial charge in [0.2, 0.25) is 0 Å². The van der Waals surface area contributed by atoms with E-state index in [1.54, 1.807) is 12.1 Å². The summed E-state index contributed by atoms with van der Waals surface area (Å²) in [6.07, 6.45) is 2.30. The molecule has 0 unspecified atom stereocenters. The summed E-state index contributed by atoms with van der Waals surface area (Å²) in [6, 6.07) is 7.46. The van der Waals surface area contributed by atoms with Crippen LogP contribution in [-0.2, 0) is 0 Å². The molecule has 0 spiro atoms. The number of hydrogen-bond acceptors (Lipinski definition) is 3. The maximum absolute atomic E-state index is 8.67. The molecule has 0 aliphatic rings. The molecule has 0 saturated carbocycles. The van der Waals surface area contributed by atoms with Crippen molar-refractivity contribution in [2.24, 2.45) is 0 Å². The number of benzene rings is 1. The third-order valence-corrected chi connectivity index (χ3v) is 2.03. The fraction of sp³-hybridized carbons (Fsp3) is 0.364. The Bertz CT molecular complexity index is 339. The number of nitriles is 1. The number of unbranched alkanes of at least 4 members (excludes halogenated alkanes) is 1. The smallest absolute Gasteiger partial charge is 0.101 e. The van der Waals surface area contributed by atoms with Gasteiger partial charge < -0.3 is 11.1 Å². The van der Waals surface area contributed by atoms with E-state index in [9.17, 15) is 0 Å². The van der Waals surface area contributed by atoms with Crippen LogP contribution >= 0.6 is 0 Å². The summed E-state index contributed by atoms with van der Waals surface area (Å²) in [5.41, 5.74) is 7.72. The molecule has 14 heavy (non-hydrogen) atoms. The molecule has 74 valence electrons. The van der Waals surface area contributed by atoms with Crippen LogP contribution in [0.3, 0.4) is 0 Å². The van der Waals surface area contributed by atoms with Gasteiger partial charge in [-0.3, -0.25) is 0 Å². The van der Waals surface area contributed by atoms with E-state index in [2.05, 4.69) is 12.2 Å². The van der Waals surface area contributed by atoms with E-state index in [4.69, 9.17) is 11.0 Å². The van der Waals surface area contributed by atoms with Gasteiger partial charge in [-0.05, 0) is 24.6 Å². The van der Waals surface area contributed by atoms with E-state index in [1.165, 1.54) is 6.42 Å². The van der Waals surface area contributed by atoms with Crippen LogP contribution in [0.5, 0.6) is 0 Å². The molecular formula is C11H15N3. The molecule has 0 fully saturated rings. The van der Waals surface area contributed by atoms with Gasteiger partial charge in [-0.15, -0.1) is 0 Å². The fourth-order valence-corrected chi connectivity index (χ4v) is 1.18. The Morgan fingerprint density at radius 1 is 1.50 bits per heavy atom. The molecule has 0 aromatic heterocycles. The minimum absolute atomic E-state index is 0.533. The Labute approximate surface area is 84.5 Å². The lowest BCUT2D eigenvalue weighted by atomic mass is 10.2. The first kappa shape index (κ1) is 10.4. The lowest BCUT2D eigenvalue weighted by Gasteiger charge is -2.06. The number of anilines is 2. The summed E-state index contributed by atoms with van der Waals surface area (Å²) in [5, 5.41) is 11.9. The highest BCUT2D eigenvalue weighted by Gasteiger charge is 1.98. The number of nitrogens with two attached hydrogens (primary N) is 1. The van der Waals surface area contributed by atoms with E-state index < -0.39 is 0 Å². The standard InChI is InChI=1S/C11H15N3/c1-2-3-6-14-10-5-4-9(8-12)11(13)7-10/h4-5,7,14H,2-3,6,13H2,1H3. The molecule has 3 N–H and O–H groups in total. The molecule has 0 bridgehead atoms. The van der Waals surface area contributed by atoms with Gasteiger partial charge in [0.05, 0.1) is 11.3 Å². The molecule has 0 aliphatic carbocycles. The normalized spacial score (nSPS) is 9.43. The van der Waals surface area contributed by atoms with Crippen LogP contribution in [0, 0.1) is 11.3 Å². The first-order valence-corrected chi connectivity index (χ1v) is 4.81. The zero-order valence-electron chi connectivity index (χ0n) is 8.38. The van der Waals surface area contributed by atoms with Crippen molar-refractivity contribution in [2.45, 2.75) is 19.8 Å². The maximum atomic E-state index is 8.67. The lowest BCUT2D eigenvalue weighted by molar-refractivity contribution is 0.834. The Morgan fingerprint density at radius 2 is 2.29 bits per heavy atom. The van der Waals surface area contributed by atoms with Gasteiger partial charge in [0.15, 0.2) is 0 Å². The molecular weight excluding hydrogens is 174 g/mol. The monoisotopic (exact) mass is 189 g/mol. The van der Waals surface area contributed by atoms with Crippen molar-refractivity contribution in [1.82, 2.24) is 0 Å². The molecule has 1 aromatic rings. The summed E-state index contributed by atoms with van der Waals surface area (Å²) in [6.45, 7) is 3.09. The third-order valence-electron chi connectivity index (χ3n) is 2.03. The third kappa shape index (κ3) is 2.67. The molecule has 0 atom stereocenters. The van der Waals surface area contributed by atoms with Gasteiger partial charge in [0, 0.05) is 12.2 Å². The molecule has 1 rings (SSSR count). The first-order chi connectivity index (χ1) is 6.77. The number of nitrogen functional groups attached to an aromatic ring is 1. The van der Waals surface area contributed by atoms with Crippen molar-refractivity contribution in [3.63, 3.8) is 0 Å². The van der Waals surface area contributed by atoms with E-state index in [0.717, 1.165) is 18.7 Å². The van der Waals surface area contributed by atoms with E-state index in [0.29, 0.717) is 11.3 Å². The van der Waals surface area contributed by atoms with Gasteiger partial charge in [-0.25, -0.2) is 0 Å². The molecule has 0 radical (unpaired) electrons. The molecule has 3 heteroatoms. The van der Waals surface area contributed by atoms with Crippen LogP contribution < -0.4 is 11.1 Å². The average Bonchev–Trinajstić information content (AvgIpc) is 2.18. The highest BCUT2D eigenvalue weighted by Crippen LogP contribution is 2.16. The maximum Gasteiger partial charge on any atom is 0.101 e. The van der Waals surface area contributed by atoms with Crippen LogP contribution in [0.2, 0.25) is 0 Å². The van der Waals surface area contributed by atoms with Gasteiger partial charge in [0.25, 0.3) is 0 Å². The average molecular weight is 189 g/mol. The second-order valence-electron chi connectivity index (χ2n) is 3.19. The minimum Gasteiger partial charge on any atom is -0.398 e. The van der Waals surface area contributed by atoms with Crippen molar-refractivity contribution < 1.29 is 0 Å². The SMILES string of the molecule is CCCCNc1ccc(C#N)c(N)c1. The molecule has 3 nitrogen and oxygen atoms in total. The van der Waals surface area contributed by atoms with Gasteiger partial charge in [-0.2, -0.15) is 5.26 Å². The number of rotatable bonds is 4. The molecule has 1 aromatic carbocycles. The molecule has 0 heterocycles. The molecule has 0 saturated heterocycles. The van der Waals surface area contributed by atoms with Crippen LogP contribution in [0.1, 0.15) is 25.3 Å². The Kier molecular flexibility index (Phi) is 3.81. The van der Waals surface area contributed by atoms with Crippen LogP contribution in [-0.4, -0.2) is 6.54 Å². The van der Waals surface area contributed by atoms with Crippen LogP contribution in [0.4, 0.5) is 11.4 Å². The second kappa shape index (κ2) is 5.13. The zero-order valence-corrected chi connectivity index (χ0v) is 8.38. The number of nitrogens with zero attached hydrogens (tertiary/aromatic N) is 1. The zero-order chi connectivity index (χ0) is 10.4. The lowest BCUT2D eigenvalue weighted by Crippen LogP contribution is -2.01. The summed E-state index contributed by atoms with van der Waals surface area (Å²) in [5.74, 6) is 0. The summed E-state index contributed by atoms with van der Waals surface area (Å²) in [4.78, 5) is 0. The van der Waals surface area contributed by atoms with Crippen molar-refractivity contribution in [2.75, 3.05) is 17.6 Å². The predicted octanol–water partition coefficient (Wildman–Crippen LogP) is 2.35. The van der Waals surface area contributed by atoms with Crippen LogP contribution in [0.15, 0.2) is 18.2 Å². The number of nitrogens with one attached hydrogen (secondary N) is 1. The van der Waals surface area contributed by atoms with E-state index >= 15 is 0 Å². The quantitative estimate of drug-likeness (QED) is 0.564. The molecule has 0 amide bonds. The molecule has 0 aliphatic heterocycles. The van der Waals surface area contributed by atoms with Crippen LogP contribution in [0.25, 0.3) is 0 Å². The Balaban J connectivity index is 2.63. The predicted molar refractivity (Wildman–Crippen MR) is 59.0 cm³/mol. The second-order valence-corrected chi connectivity index (χ2v) is 3.19. The summed E-state index contributed by atoms with van der Waals surface area (Å²) in [7, 11) is 0. The van der Waals surface area contributed by atoms with E-state index in [1.807, 2.05) is 12.1 Å². The summed E-state index contributed by atoms with van der Waals surface area (Å²) >= 11 is 0. The topological polar surface area (TPSA) is 61.8 Å². The summed E-state index contributed by atoms with van der Waals surface area (Å²) < 4.78 is 0. The minimum atomic E-state index is 0.533. The van der Waals surface area contributed by atoms with Gasteiger partial charge in [0.1, 0.15) is 6.07 Å². The van der Waals surface area contributed by atoms with Gasteiger partial charge in [-0.1, -0.05) is 13.3 Å².